The minimum atomic E-state index is -0.343. The molecule has 0 unspecified atom stereocenters. The number of amides is 3. The quantitative estimate of drug-likeness (QED) is 0.601. The fourth-order valence-electron chi connectivity index (χ4n) is 5.75. The Balaban J connectivity index is 1.30. The normalized spacial score (nSPS) is 32.8. The highest BCUT2D eigenvalue weighted by Crippen LogP contribution is 2.65. The van der Waals surface area contributed by atoms with Gasteiger partial charge in [-0.2, -0.15) is 0 Å². The van der Waals surface area contributed by atoms with Crippen LogP contribution in [0.3, 0.4) is 0 Å². The number of hydrogen-bond donors (Lipinski definition) is 1. The van der Waals surface area contributed by atoms with E-state index in [1.54, 1.807) is 48.5 Å². The molecule has 5 aliphatic rings. The Kier molecular flexibility index (Phi) is 3.75. The summed E-state index contributed by atoms with van der Waals surface area (Å²) in [7, 11) is 0. The summed E-state index contributed by atoms with van der Waals surface area (Å²) in [5.74, 6) is 0.377. The predicted molar refractivity (Wildman–Crippen MR) is 113 cm³/mol. The van der Waals surface area contributed by atoms with E-state index in [-0.39, 0.29) is 41.4 Å². The smallest absolute Gasteiger partial charge is 0.255 e. The number of rotatable bonds is 3. The van der Waals surface area contributed by atoms with Crippen LogP contribution in [0.5, 0.6) is 0 Å². The van der Waals surface area contributed by atoms with Gasteiger partial charge in [0.2, 0.25) is 11.8 Å². The zero-order valence-corrected chi connectivity index (χ0v) is 16.8. The summed E-state index contributed by atoms with van der Waals surface area (Å²) in [6.07, 6.45) is 5.44. The van der Waals surface area contributed by atoms with Crippen LogP contribution < -0.4 is 10.2 Å². The fourth-order valence-corrected chi connectivity index (χ4v) is 5.94. The van der Waals surface area contributed by atoms with E-state index in [0.717, 1.165) is 6.42 Å². The molecule has 6 heteroatoms. The standard InChI is InChI=1S/C24H19ClN2O3/c25-18-6-1-2-7-19(18)26-22(28)12-4-3-5-13(10-12)27-23(29)20-14-8-9-15(17-11-16(14)17)21(20)24(27)30/h1-10,14-17,20-21H,11H2,(H,26,28)/t14-,15-,16-,17-,20-,21+/m0/s1. The maximum Gasteiger partial charge on any atom is 0.255 e. The molecule has 6 atom stereocenters. The zero-order valence-electron chi connectivity index (χ0n) is 16.0. The topological polar surface area (TPSA) is 66.5 Å². The van der Waals surface area contributed by atoms with Crippen molar-refractivity contribution in [3.63, 3.8) is 0 Å². The van der Waals surface area contributed by atoms with Crippen molar-refractivity contribution in [1.82, 2.24) is 0 Å². The molecule has 30 heavy (non-hydrogen) atoms. The van der Waals surface area contributed by atoms with Crippen LogP contribution in [0.25, 0.3) is 0 Å². The molecule has 0 aromatic heterocycles. The van der Waals surface area contributed by atoms with Gasteiger partial charge >= 0.3 is 0 Å². The van der Waals surface area contributed by atoms with E-state index in [1.807, 2.05) is 0 Å². The Morgan fingerprint density at radius 3 is 2.27 bits per heavy atom. The maximum atomic E-state index is 13.3. The van der Waals surface area contributed by atoms with E-state index in [2.05, 4.69) is 17.5 Å². The molecule has 2 bridgehead atoms. The van der Waals surface area contributed by atoms with Gasteiger partial charge in [0.15, 0.2) is 0 Å². The molecule has 1 heterocycles. The largest absolute Gasteiger partial charge is 0.321 e. The molecule has 0 radical (unpaired) electrons. The summed E-state index contributed by atoms with van der Waals surface area (Å²) in [5, 5.41) is 3.23. The number of anilines is 2. The van der Waals surface area contributed by atoms with Gasteiger partial charge in [0.05, 0.1) is 28.2 Å². The van der Waals surface area contributed by atoms with Crippen LogP contribution in [-0.4, -0.2) is 17.7 Å². The number of nitrogens with one attached hydrogen (secondary N) is 1. The van der Waals surface area contributed by atoms with Crippen molar-refractivity contribution in [2.75, 3.05) is 10.2 Å². The monoisotopic (exact) mass is 418 g/mol. The lowest BCUT2D eigenvalue weighted by Gasteiger charge is -2.37. The van der Waals surface area contributed by atoms with Gasteiger partial charge in [-0.05, 0) is 60.4 Å². The van der Waals surface area contributed by atoms with E-state index in [9.17, 15) is 14.4 Å². The summed E-state index contributed by atoms with van der Waals surface area (Å²) in [6.45, 7) is 0. The van der Waals surface area contributed by atoms with Gasteiger partial charge in [-0.1, -0.05) is 42.0 Å². The second-order valence-electron chi connectivity index (χ2n) is 8.65. The molecule has 1 aliphatic heterocycles. The van der Waals surface area contributed by atoms with Gasteiger partial charge < -0.3 is 5.32 Å². The van der Waals surface area contributed by atoms with Gasteiger partial charge in [0.1, 0.15) is 0 Å². The predicted octanol–water partition coefficient (Wildman–Crippen LogP) is 4.15. The lowest BCUT2D eigenvalue weighted by molar-refractivity contribution is -0.124. The molecule has 7 rings (SSSR count). The second kappa shape index (κ2) is 6.29. The van der Waals surface area contributed by atoms with Gasteiger partial charge in [-0.3, -0.25) is 14.4 Å². The van der Waals surface area contributed by atoms with Crippen LogP contribution in [-0.2, 0) is 9.59 Å². The summed E-state index contributed by atoms with van der Waals surface area (Å²) in [4.78, 5) is 40.6. The number of halogens is 1. The second-order valence-corrected chi connectivity index (χ2v) is 9.06. The third-order valence-corrected chi connectivity index (χ3v) is 7.48. The minimum Gasteiger partial charge on any atom is -0.321 e. The number of para-hydroxylation sites is 1. The molecule has 3 fully saturated rings. The highest BCUT2D eigenvalue weighted by Gasteiger charge is 2.67. The summed E-state index contributed by atoms with van der Waals surface area (Å²) < 4.78 is 0. The average molecular weight is 419 g/mol. The molecule has 2 aromatic carbocycles. The molecule has 0 spiro atoms. The van der Waals surface area contributed by atoms with Gasteiger partial charge in [0.25, 0.3) is 5.91 Å². The van der Waals surface area contributed by atoms with Crippen LogP contribution in [0, 0.1) is 35.5 Å². The van der Waals surface area contributed by atoms with E-state index < -0.39 is 0 Å². The van der Waals surface area contributed by atoms with Gasteiger partial charge in [-0.15, -0.1) is 0 Å². The molecule has 1 saturated heterocycles. The summed E-state index contributed by atoms with van der Waals surface area (Å²) >= 11 is 6.13. The molecule has 2 aromatic rings. The summed E-state index contributed by atoms with van der Waals surface area (Å²) in [5.41, 5.74) is 1.34. The number of hydrogen-bond acceptors (Lipinski definition) is 3. The first-order valence-corrected chi connectivity index (χ1v) is 10.6. The van der Waals surface area contributed by atoms with Crippen LogP contribution in [0.15, 0.2) is 60.7 Å². The van der Waals surface area contributed by atoms with Crippen molar-refractivity contribution in [3.05, 3.63) is 71.3 Å². The molecule has 3 amide bonds. The molecule has 150 valence electrons. The zero-order chi connectivity index (χ0) is 20.6. The van der Waals surface area contributed by atoms with E-state index in [0.29, 0.717) is 33.8 Å². The van der Waals surface area contributed by atoms with Crippen LogP contribution in [0.2, 0.25) is 5.02 Å². The molecular weight excluding hydrogens is 400 g/mol. The first-order chi connectivity index (χ1) is 14.5. The molecule has 4 aliphatic carbocycles. The first kappa shape index (κ1) is 17.9. The van der Waals surface area contributed by atoms with Crippen molar-refractivity contribution >= 4 is 40.7 Å². The van der Waals surface area contributed by atoms with Crippen molar-refractivity contribution in [2.24, 2.45) is 35.5 Å². The molecule has 2 saturated carbocycles. The van der Waals surface area contributed by atoms with Crippen LogP contribution in [0.4, 0.5) is 11.4 Å². The molecule has 5 nitrogen and oxygen atoms in total. The van der Waals surface area contributed by atoms with E-state index >= 15 is 0 Å². The molecular formula is C24H19ClN2O3. The van der Waals surface area contributed by atoms with Crippen molar-refractivity contribution in [1.29, 1.82) is 0 Å². The Labute approximate surface area is 178 Å². The number of carbonyl (C=O) groups is 3. The number of nitrogens with zero attached hydrogens (tertiary/aromatic N) is 1. The number of imide groups is 1. The van der Waals surface area contributed by atoms with Crippen molar-refractivity contribution in [3.8, 4) is 0 Å². The summed E-state index contributed by atoms with van der Waals surface area (Å²) in [6, 6.07) is 13.7. The fraction of sp³-hybridized carbons (Fsp3) is 0.292. The Hall–Kier alpha value is -2.92. The lowest BCUT2D eigenvalue weighted by Crippen LogP contribution is -2.40. The Bertz CT molecular complexity index is 1110. The third-order valence-electron chi connectivity index (χ3n) is 7.15. The van der Waals surface area contributed by atoms with Crippen molar-refractivity contribution < 1.29 is 14.4 Å². The number of allylic oxidation sites excluding steroid dienone is 2. The van der Waals surface area contributed by atoms with Gasteiger partial charge in [-0.25, -0.2) is 4.90 Å². The van der Waals surface area contributed by atoms with Gasteiger partial charge in [0, 0.05) is 5.56 Å². The lowest BCUT2D eigenvalue weighted by atomic mass is 9.63. The Morgan fingerprint density at radius 1 is 0.933 bits per heavy atom. The van der Waals surface area contributed by atoms with E-state index in [4.69, 9.17) is 11.6 Å². The maximum absolute atomic E-state index is 13.3. The average Bonchev–Trinajstić information content (AvgIpc) is 3.53. The number of benzene rings is 2. The first-order valence-electron chi connectivity index (χ1n) is 10.3. The van der Waals surface area contributed by atoms with Crippen LogP contribution in [0.1, 0.15) is 16.8 Å². The highest BCUT2D eigenvalue weighted by molar-refractivity contribution is 6.34. The minimum absolute atomic E-state index is 0.127. The molecule has 1 N–H and O–H groups in total. The third kappa shape index (κ3) is 2.45. The van der Waals surface area contributed by atoms with E-state index in [1.165, 1.54) is 4.90 Å². The van der Waals surface area contributed by atoms with Crippen LogP contribution >= 0.6 is 11.6 Å². The van der Waals surface area contributed by atoms with Crippen molar-refractivity contribution in [2.45, 2.75) is 6.42 Å². The Morgan fingerprint density at radius 2 is 1.60 bits per heavy atom. The number of carbonyl (C=O) groups excluding carboxylic acids is 3. The highest BCUT2D eigenvalue weighted by atomic mass is 35.5. The SMILES string of the molecule is O=C(Nc1ccccc1Cl)c1cccc(N2C(=O)[C@@H]3[C@H]4C=C[C@@H]([C@@H]5C[C@@H]45)[C@@H]3C2=O)c1.